The van der Waals surface area contributed by atoms with Crippen molar-refractivity contribution in [3.05, 3.63) is 41.9 Å². The molecule has 2 N–H and O–H groups in total. The van der Waals surface area contributed by atoms with Gasteiger partial charge in [0.05, 0.1) is 29.6 Å². The molecule has 0 bridgehead atoms. The van der Waals surface area contributed by atoms with E-state index in [-0.39, 0.29) is 18.8 Å². The summed E-state index contributed by atoms with van der Waals surface area (Å²) in [5.41, 5.74) is 0.381. The highest BCUT2D eigenvalue weighted by Crippen LogP contribution is 2.28. The van der Waals surface area contributed by atoms with Crippen molar-refractivity contribution in [3.63, 3.8) is 0 Å². The van der Waals surface area contributed by atoms with Crippen molar-refractivity contribution in [2.45, 2.75) is 32.5 Å². The lowest BCUT2D eigenvalue weighted by Gasteiger charge is -2.11. The zero-order valence-corrected chi connectivity index (χ0v) is 16.0. The number of aromatic nitrogens is 4. The molecular weight excluding hydrogens is 389 g/mol. The average molecular weight is 410 g/mol. The van der Waals surface area contributed by atoms with Gasteiger partial charge in [0, 0.05) is 12.4 Å². The van der Waals surface area contributed by atoms with Gasteiger partial charge in [0.2, 0.25) is 0 Å². The fraction of sp³-hybridized carbons (Fsp3) is 0.389. The summed E-state index contributed by atoms with van der Waals surface area (Å²) in [6, 6.07) is 5.62. The summed E-state index contributed by atoms with van der Waals surface area (Å²) in [6.45, 7) is 1.96. The molecule has 1 aromatic carbocycles. The van der Waals surface area contributed by atoms with Crippen LogP contribution in [-0.4, -0.2) is 32.4 Å². The Bertz CT molecular complexity index is 995. The largest absolute Gasteiger partial charge is 0.435 e. The van der Waals surface area contributed by atoms with E-state index in [4.69, 9.17) is 4.84 Å². The van der Waals surface area contributed by atoms with Gasteiger partial charge in [0.25, 0.3) is 0 Å². The van der Waals surface area contributed by atoms with Crippen molar-refractivity contribution in [2.75, 3.05) is 11.9 Å². The van der Waals surface area contributed by atoms with Gasteiger partial charge in [-0.2, -0.15) is 18.3 Å². The van der Waals surface area contributed by atoms with E-state index in [1.807, 2.05) is 13.0 Å². The van der Waals surface area contributed by atoms with Crippen molar-refractivity contribution >= 4 is 22.6 Å². The predicted octanol–water partition coefficient (Wildman–Crippen LogP) is 3.34. The molecule has 0 aliphatic carbocycles. The highest BCUT2D eigenvalue weighted by atomic mass is 19.4. The number of alkyl halides is 3. The lowest BCUT2D eigenvalue weighted by Crippen LogP contribution is -2.30. The zero-order valence-electron chi connectivity index (χ0n) is 16.0. The number of urea groups is 1. The van der Waals surface area contributed by atoms with Crippen molar-refractivity contribution in [1.29, 1.82) is 0 Å². The quantitative estimate of drug-likeness (QED) is 0.585. The third-order valence-electron chi connectivity index (χ3n) is 4.22. The monoisotopic (exact) mass is 410 g/mol. The minimum absolute atomic E-state index is 0.0863. The van der Waals surface area contributed by atoms with Crippen LogP contribution in [0.5, 0.6) is 0 Å². The van der Waals surface area contributed by atoms with E-state index in [2.05, 4.69) is 20.8 Å². The Labute approximate surface area is 164 Å². The Balaban J connectivity index is 1.69. The Morgan fingerprint density at radius 1 is 1.31 bits per heavy atom. The lowest BCUT2D eigenvalue weighted by atomic mass is 10.2. The molecule has 0 aliphatic rings. The number of benzene rings is 1. The Hall–Kier alpha value is -3.24. The number of nitrogens with zero attached hydrogens (tertiary/aromatic N) is 4. The highest BCUT2D eigenvalue weighted by Gasteiger charge is 2.35. The van der Waals surface area contributed by atoms with E-state index < -0.39 is 17.9 Å². The maximum atomic E-state index is 13.0. The molecule has 0 aliphatic heterocycles. The van der Waals surface area contributed by atoms with E-state index in [0.717, 1.165) is 28.2 Å². The van der Waals surface area contributed by atoms with Crippen LogP contribution in [0.2, 0.25) is 0 Å². The van der Waals surface area contributed by atoms with Gasteiger partial charge in [-0.1, -0.05) is 19.4 Å². The number of hydrogen-bond acceptors (Lipinski definition) is 4. The molecule has 3 aromatic rings. The summed E-state index contributed by atoms with van der Waals surface area (Å²) in [4.78, 5) is 18.4. The summed E-state index contributed by atoms with van der Waals surface area (Å²) < 4.78 is 40.6. The average Bonchev–Trinajstić information content (AvgIpc) is 3.25. The van der Waals surface area contributed by atoms with Gasteiger partial charge in [-0.15, -0.1) is 9.94 Å². The van der Waals surface area contributed by atoms with Gasteiger partial charge >= 0.3 is 12.2 Å². The Morgan fingerprint density at radius 3 is 2.83 bits per heavy atom. The van der Waals surface area contributed by atoms with Crippen LogP contribution in [0.15, 0.2) is 30.5 Å². The second kappa shape index (κ2) is 8.41. The van der Waals surface area contributed by atoms with Gasteiger partial charge in [-0.3, -0.25) is 4.68 Å². The SMILES string of the molecule is CCCCOn1nc(C(F)(F)F)cc1CNC(=O)Nc1cccc2c1cnn2C. The third-order valence-corrected chi connectivity index (χ3v) is 4.22. The number of nitrogens with one attached hydrogen (secondary N) is 2. The number of fused-ring (bicyclic) bond motifs is 1. The first kappa shape index (κ1) is 20.5. The van der Waals surface area contributed by atoms with E-state index in [1.165, 1.54) is 0 Å². The first-order valence-corrected chi connectivity index (χ1v) is 9.04. The summed E-state index contributed by atoms with van der Waals surface area (Å²) in [5.74, 6) is 0. The third kappa shape index (κ3) is 4.79. The predicted molar refractivity (Wildman–Crippen MR) is 100 cm³/mol. The normalized spacial score (nSPS) is 11.6. The van der Waals surface area contributed by atoms with Gasteiger partial charge in [-0.05, 0) is 24.6 Å². The molecule has 0 spiro atoms. The van der Waals surface area contributed by atoms with Crippen LogP contribution in [0.25, 0.3) is 10.9 Å². The molecule has 3 rings (SSSR count). The van der Waals surface area contributed by atoms with Crippen LogP contribution < -0.4 is 15.5 Å². The fourth-order valence-corrected chi connectivity index (χ4v) is 2.69. The van der Waals surface area contributed by atoms with E-state index in [1.54, 1.807) is 30.1 Å². The number of amides is 2. The van der Waals surface area contributed by atoms with Gasteiger partial charge < -0.3 is 15.5 Å². The highest BCUT2D eigenvalue weighted by molar-refractivity contribution is 6.00. The summed E-state index contributed by atoms with van der Waals surface area (Å²) >= 11 is 0. The van der Waals surface area contributed by atoms with Gasteiger partial charge in [0.1, 0.15) is 6.61 Å². The number of rotatable bonds is 7. The van der Waals surface area contributed by atoms with Crippen LogP contribution in [0.1, 0.15) is 31.2 Å². The van der Waals surface area contributed by atoms with Gasteiger partial charge in [0.15, 0.2) is 5.69 Å². The Morgan fingerprint density at radius 2 is 2.10 bits per heavy atom. The molecule has 0 saturated heterocycles. The summed E-state index contributed by atoms with van der Waals surface area (Å²) in [7, 11) is 1.78. The first-order valence-electron chi connectivity index (χ1n) is 9.04. The number of halogens is 3. The Kier molecular flexibility index (Phi) is 5.95. The van der Waals surface area contributed by atoms with Gasteiger partial charge in [-0.25, -0.2) is 4.79 Å². The molecule has 0 atom stereocenters. The molecule has 11 heteroatoms. The van der Waals surface area contributed by atoms with Crippen molar-refractivity contribution in [2.24, 2.45) is 7.05 Å². The number of unbranched alkanes of at least 4 members (excludes halogenated alkanes) is 1. The van der Waals surface area contributed by atoms with Crippen molar-refractivity contribution in [3.8, 4) is 0 Å². The smallest absolute Gasteiger partial charge is 0.396 e. The fourth-order valence-electron chi connectivity index (χ4n) is 2.69. The minimum atomic E-state index is -4.60. The lowest BCUT2D eigenvalue weighted by molar-refractivity contribution is -0.142. The van der Waals surface area contributed by atoms with Crippen LogP contribution in [-0.2, 0) is 19.8 Å². The molecular formula is C18H21F3N6O2. The number of hydrogen-bond donors (Lipinski definition) is 2. The number of carbonyl (C=O) groups excluding carboxylic acids is 1. The van der Waals surface area contributed by atoms with E-state index >= 15 is 0 Å². The molecule has 2 heterocycles. The second-order valence-corrected chi connectivity index (χ2v) is 6.39. The van der Waals surface area contributed by atoms with Crippen LogP contribution in [0.3, 0.4) is 0 Å². The second-order valence-electron chi connectivity index (χ2n) is 6.39. The van der Waals surface area contributed by atoms with Crippen LogP contribution >= 0.6 is 0 Å². The molecule has 2 aromatic heterocycles. The number of anilines is 1. The van der Waals surface area contributed by atoms with E-state index in [9.17, 15) is 18.0 Å². The molecule has 0 fully saturated rings. The first-order chi connectivity index (χ1) is 13.8. The number of carbonyl (C=O) groups is 1. The topological polar surface area (TPSA) is 86.0 Å². The molecule has 156 valence electrons. The minimum Gasteiger partial charge on any atom is -0.396 e. The summed E-state index contributed by atoms with van der Waals surface area (Å²) in [6.07, 6.45) is -1.49. The van der Waals surface area contributed by atoms with Crippen LogP contribution in [0, 0.1) is 0 Å². The molecule has 0 unspecified atom stereocenters. The molecule has 29 heavy (non-hydrogen) atoms. The standard InChI is InChI=1S/C18H21F3N6O2/c1-3-4-8-29-27-12(9-16(25-27)18(19,20)21)10-22-17(28)24-14-6-5-7-15-13(14)11-23-26(15)2/h5-7,9,11H,3-4,8,10H2,1-2H3,(H2,22,24,28). The molecule has 0 saturated carbocycles. The maximum Gasteiger partial charge on any atom is 0.435 e. The molecule has 0 radical (unpaired) electrons. The molecule has 2 amide bonds. The molecule has 8 nitrogen and oxygen atoms in total. The zero-order chi connectivity index (χ0) is 21.0. The van der Waals surface area contributed by atoms with Crippen molar-refractivity contribution < 1.29 is 22.8 Å². The van der Waals surface area contributed by atoms with E-state index in [0.29, 0.717) is 12.1 Å². The van der Waals surface area contributed by atoms with Crippen LogP contribution in [0.4, 0.5) is 23.7 Å². The summed E-state index contributed by atoms with van der Waals surface area (Å²) in [5, 5.41) is 13.5. The number of aryl methyl sites for hydroxylation is 1. The maximum absolute atomic E-state index is 13.0. The van der Waals surface area contributed by atoms with Crippen molar-refractivity contribution in [1.82, 2.24) is 25.0 Å².